The molecule has 1 fully saturated rings. The van der Waals surface area contributed by atoms with Gasteiger partial charge < -0.3 is 14.8 Å². The van der Waals surface area contributed by atoms with Gasteiger partial charge in [-0.1, -0.05) is 36.4 Å². The van der Waals surface area contributed by atoms with Crippen molar-refractivity contribution in [1.29, 1.82) is 0 Å². The van der Waals surface area contributed by atoms with Crippen molar-refractivity contribution >= 4 is 5.91 Å². The van der Waals surface area contributed by atoms with Gasteiger partial charge in [0.25, 0.3) is 5.56 Å². The summed E-state index contributed by atoms with van der Waals surface area (Å²) in [4.78, 5) is 26.8. The molecule has 5 heteroatoms. The zero-order valence-corrected chi connectivity index (χ0v) is 16.3. The van der Waals surface area contributed by atoms with Crippen LogP contribution >= 0.6 is 0 Å². The second kappa shape index (κ2) is 8.53. The van der Waals surface area contributed by atoms with Gasteiger partial charge in [0, 0.05) is 36.7 Å². The lowest BCUT2D eigenvalue weighted by Crippen LogP contribution is -2.48. The number of aryl methyl sites for hydroxylation is 1. The summed E-state index contributed by atoms with van der Waals surface area (Å²) >= 11 is 0. The van der Waals surface area contributed by atoms with Crippen LogP contribution in [0.1, 0.15) is 30.5 Å². The number of aromatic nitrogens is 1. The van der Waals surface area contributed by atoms with Crippen molar-refractivity contribution in [2.24, 2.45) is 0 Å². The fourth-order valence-electron chi connectivity index (χ4n) is 3.89. The van der Waals surface area contributed by atoms with E-state index >= 15 is 0 Å². The maximum Gasteiger partial charge on any atom is 0.250 e. The fourth-order valence-corrected chi connectivity index (χ4v) is 3.89. The Bertz CT molecular complexity index is 821. The van der Waals surface area contributed by atoms with Crippen molar-refractivity contribution in [3.63, 3.8) is 0 Å². The molecule has 1 N–H and O–H groups in total. The van der Waals surface area contributed by atoms with Crippen molar-refractivity contribution < 1.29 is 4.79 Å². The molecule has 2 aromatic rings. The summed E-state index contributed by atoms with van der Waals surface area (Å²) in [6, 6.07) is 15.7. The van der Waals surface area contributed by atoms with E-state index < -0.39 is 0 Å². The topological polar surface area (TPSA) is 54.3 Å². The summed E-state index contributed by atoms with van der Waals surface area (Å²) in [5.41, 5.74) is 2.11. The molecule has 2 heterocycles. The van der Waals surface area contributed by atoms with Gasteiger partial charge in [-0.2, -0.15) is 0 Å². The summed E-state index contributed by atoms with van der Waals surface area (Å²) in [5.74, 6) is -0.000567. The van der Waals surface area contributed by atoms with Crippen LogP contribution in [0, 0.1) is 6.92 Å². The minimum atomic E-state index is -0.0566. The number of hydrogen-bond acceptors (Lipinski definition) is 3. The number of piperidine rings is 1. The molecule has 0 radical (unpaired) electrons. The number of likely N-dealkylation sites (tertiary alicyclic amines) is 1. The Morgan fingerprint density at radius 2 is 1.78 bits per heavy atom. The first-order valence-electron chi connectivity index (χ1n) is 9.67. The third-order valence-electron chi connectivity index (χ3n) is 5.78. The standard InChI is InChI=1S/C22H29N3O2/c1-18-7-6-10-21(27)25(18)14-11-20(26)23-17-22(12-15-24(2)16-13-22)19-8-4-3-5-9-19/h3-10H,11-17H2,1-2H3,(H,23,26). The molecule has 0 bridgehead atoms. The lowest BCUT2D eigenvalue weighted by molar-refractivity contribution is -0.121. The molecule has 0 aliphatic carbocycles. The lowest BCUT2D eigenvalue weighted by atomic mass is 9.72. The van der Waals surface area contributed by atoms with Crippen LogP contribution in [0.4, 0.5) is 0 Å². The smallest absolute Gasteiger partial charge is 0.250 e. The Labute approximate surface area is 161 Å². The number of nitrogens with zero attached hydrogens (tertiary/aromatic N) is 2. The van der Waals surface area contributed by atoms with Crippen LogP contribution in [-0.4, -0.2) is 42.1 Å². The molecule has 144 valence electrons. The van der Waals surface area contributed by atoms with E-state index in [-0.39, 0.29) is 16.9 Å². The third kappa shape index (κ3) is 4.66. The fraction of sp³-hybridized carbons (Fsp3) is 0.455. The van der Waals surface area contributed by atoms with E-state index in [0.717, 1.165) is 31.6 Å². The van der Waals surface area contributed by atoms with E-state index in [9.17, 15) is 9.59 Å². The number of amides is 1. The Morgan fingerprint density at radius 3 is 2.44 bits per heavy atom. The van der Waals surface area contributed by atoms with E-state index in [4.69, 9.17) is 0 Å². The highest BCUT2D eigenvalue weighted by Gasteiger charge is 2.35. The van der Waals surface area contributed by atoms with Crippen LogP contribution < -0.4 is 10.9 Å². The van der Waals surface area contributed by atoms with Crippen LogP contribution in [0.15, 0.2) is 53.3 Å². The average Bonchev–Trinajstić information content (AvgIpc) is 2.68. The highest BCUT2D eigenvalue weighted by atomic mass is 16.1. The normalized spacial score (nSPS) is 16.8. The molecule has 0 saturated carbocycles. The number of nitrogens with one attached hydrogen (secondary N) is 1. The van der Waals surface area contributed by atoms with Gasteiger partial charge in [-0.3, -0.25) is 9.59 Å². The lowest BCUT2D eigenvalue weighted by Gasteiger charge is -2.41. The Balaban J connectivity index is 1.63. The van der Waals surface area contributed by atoms with Crippen LogP contribution in [0.25, 0.3) is 0 Å². The molecule has 1 aromatic heterocycles. The summed E-state index contributed by atoms with van der Waals surface area (Å²) in [7, 11) is 2.15. The number of carbonyl (C=O) groups excluding carboxylic acids is 1. The number of hydrogen-bond donors (Lipinski definition) is 1. The number of carbonyl (C=O) groups is 1. The van der Waals surface area contributed by atoms with E-state index in [1.807, 2.05) is 19.1 Å². The molecule has 1 aromatic carbocycles. The molecule has 3 rings (SSSR count). The first-order chi connectivity index (χ1) is 13.0. The second-order valence-corrected chi connectivity index (χ2v) is 7.63. The number of rotatable bonds is 6. The van der Waals surface area contributed by atoms with Gasteiger partial charge in [0.05, 0.1) is 0 Å². The van der Waals surface area contributed by atoms with Crippen molar-refractivity contribution in [2.75, 3.05) is 26.7 Å². The van der Waals surface area contributed by atoms with E-state index in [0.29, 0.717) is 19.5 Å². The van der Waals surface area contributed by atoms with Crippen molar-refractivity contribution in [3.05, 3.63) is 70.1 Å². The maximum atomic E-state index is 12.5. The highest BCUT2D eigenvalue weighted by molar-refractivity contribution is 5.76. The van der Waals surface area contributed by atoms with E-state index in [1.165, 1.54) is 11.6 Å². The van der Waals surface area contributed by atoms with E-state index in [2.05, 4.69) is 41.5 Å². The molecule has 0 atom stereocenters. The molecular weight excluding hydrogens is 338 g/mol. The molecule has 0 spiro atoms. The van der Waals surface area contributed by atoms with Crippen molar-refractivity contribution in [2.45, 2.75) is 38.1 Å². The van der Waals surface area contributed by atoms with Gasteiger partial charge in [0.1, 0.15) is 0 Å². The Kier molecular flexibility index (Phi) is 6.11. The Morgan fingerprint density at radius 1 is 1.07 bits per heavy atom. The molecule has 1 aliphatic heterocycles. The first-order valence-corrected chi connectivity index (χ1v) is 9.67. The van der Waals surface area contributed by atoms with Gasteiger partial charge in [-0.15, -0.1) is 0 Å². The molecular formula is C22H29N3O2. The molecule has 1 aliphatic rings. The highest BCUT2D eigenvalue weighted by Crippen LogP contribution is 2.34. The largest absolute Gasteiger partial charge is 0.355 e. The zero-order valence-electron chi connectivity index (χ0n) is 16.3. The summed E-state index contributed by atoms with van der Waals surface area (Å²) in [6.07, 6.45) is 2.38. The summed E-state index contributed by atoms with van der Waals surface area (Å²) in [6.45, 7) is 5.01. The summed E-state index contributed by atoms with van der Waals surface area (Å²) < 4.78 is 1.65. The minimum Gasteiger partial charge on any atom is -0.355 e. The average molecular weight is 367 g/mol. The van der Waals surface area contributed by atoms with Crippen molar-refractivity contribution in [3.8, 4) is 0 Å². The molecule has 1 amide bonds. The van der Waals surface area contributed by atoms with Crippen LogP contribution in [0.3, 0.4) is 0 Å². The predicted octanol–water partition coefficient (Wildman–Crippen LogP) is 2.33. The monoisotopic (exact) mass is 367 g/mol. The first kappa shape index (κ1) is 19.4. The van der Waals surface area contributed by atoms with Gasteiger partial charge in [0.2, 0.25) is 5.91 Å². The van der Waals surface area contributed by atoms with E-state index in [1.54, 1.807) is 10.6 Å². The quantitative estimate of drug-likeness (QED) is 0.853. The molecule has 0 unspecified atom stereocenters. The number of benzene rings is 1. The second-order valence-electron chi connectivity index (χ2n) is 7.63. The van der Waals surface area contributed by atoms with Crippen LogP contribution in [-0.2, 0) is 16.8 Å². The Hall–Kier alpha value is -2.40. The molecule has 27 heavy (non-hydrogen) atoms. The van der Waals surface area contributed by atoms with Crippen LogP contribution in [0.2, 0.25) is 0 Å². The predicted molar refractivity (Wildman–Crippen MR) is 108 cm³/mol. The van der Waals surface area contributed by atoms with Gasteiger partial charge >= 0.3 is 0 Å². The molecule has 5 nitrogen and oxygen atoms in total. The minimum absolute atomic E-state index is 0.000567. The SMILES string of the molecule is Cc1cccc(=O)n1CCC(=O)NCC1(c2ccccc2)CCN(C)CC1. The van der Waals surface area contributed by atoms with Crippen LogP contribution in [0.5, 0.6) is 0 Å². The third-order valence-corrected chi connectivity index (χ3v) is 5.78. The van der Waals surface area contributed by atoms with Crippen molar-refractivity contribution in [1.82, 2.24) is 14.8 Å². The molecule has 1 saturated heterocycles. The van der Waals surface area contributed by atoms with Gasteiger partial charge in [-0.25, -0.2) is 0 Å². The summed E-state index contributed by atoms with van der Waals surface area (Å²) in [5, 5.41) is 3.14. The maximum absolute atomic E-state index is 12.5. The zero-order chi connectivity index (χ0) is 19.3. The van der Waals surface area contributed by atoms with Gasteiger partial charge in [0.15, 0.2) is 0 Å². The number of pyridine rings is 1. The van der Waals surface area contributed by atoms with Gasteiger partial charge in [-0.05, 0) is 51.5 Å².